The van der Waals surface area contributed by atoms with Crippen LogP contribution in [0.5, 0.6) is 0 Å². The van der Waals surface area contributed by atoms with Gasteiger partial charge in [0.05, 0.1) is 12.2 Å². The number of nitrogens with one attached hydrogen (secondary N) is 1. The Morgan fingerprint density at radius 2 is 1.58 bits per heavy atom. The molecule has 0 bridgehead atoms. The maximum Gasteiger partial charge on any atom is 0.338 e. The summed E-state index contributed by atoms with van der Waals surface area (Å²) >= 11 is 0. The van der Waals surface area contributed by atoms with Gasteiger partial charge in [0, 0.05) is 12.8 Å². The minimum Gasteiger partial charge on any atom is -0.452 e. The lowest BCUT2D eigenvalue weighted by Gasteiger charge is -2.07. The summed E-state index contributed by atoms with van der Waals surface area (Å²) in [4.78, 5) is 23.8. The molecule has 0 aliphatic heterocycles. The third kappa shape index (κ3) is 5.21. The van der Waals surface area contributed by atoms with E-state index in [0.29, 0.717) is 17.9 Å². The highest BCUT2D eigenvalue weighted by Crippen LogP contribution is 2.10. The van der Waals surface area contributed by atoms with Crippen LogP contribution in [-0.2, 0) is 27.3 Å². The topological polar surface area (TPSA) is 64.6 Å². The fourth-order valence-corrected chi connectivity index (χ4v) is 2.14. The molecule has 0 saturated carbocycles. The van der Waals surface area contributed by atoms with E-state index in [1.807, 2.05) is 24.3 Å². The van der Waals surface area contributed by atoms with Crippen molar-refractivity contribution < 1.29 is 19.1 Å². The second kappa shape index (κ2) is 8.84. The van der Waals surface area contributed by atoms with Crippen molar-refractivity contribution in [3.05, 3.63) is 65.2 Å². The molecule has 0 unspecified atom stereocenters. The van der Waals surface area contributed by atoms with Crippen LogP contribution in [0.1, 0.15) is 28.4 Å². The first-order chi connectivity index (χ1) is 11.6. The van der Waals surface area contributed by atoms with Gasteiger partial charge < -0.3 is 14.8 Å². The molecule has 1 amide bonds. The van der Waals surface area contributed by atoms with Gasteiger partial charge in [0.25, 0.3) is 5.91 Å². The highest BCUT2D eigenvalue weighted by Gasteiger charge is 2.10. The Hall–Kier alpha value is -2.66. The first-order valence-corrected chi connectivity index (χ1v) is 7.76. The quantitative estimate of drug-likeness (QED) is 0.793. The van der Waals surface area contributed by atoms with Crippen LogP contribution >= 0.6 is 0 Å². The molecule has 0 heterocycles. The molecule has 5 nitrogen and oxygen atoms in total. The van der Waals surface area contributed by atoms with E-state index in [1.54, 1.807) is 31.4 Å². The number of hydrogen-bond acceptors (Lipinski definition) is 4. The van der Waals surface area contributed by atoms with Gasteiger partial charge in [-0.25, -0.2) is 4.79 Å². The lowest BCUT2D eigenvalue weighted by molar-refractivity contribution is -0.119. The summed E-state index contributed by atoms with van der Waals surface area (Å²) in [6.07, 6.45) is 0.939. The molecule has 24 heavy (non-hydrogen) atoms. The molecule has 2 aromatic carbocycles. The fraction of sp³-hybridized carbons (Fsp3) is 0.263. The average molecular weight is 327 g/mol. The molecule has 1 N–H and O–H groups in total. The summed E-state index contributed by atoms with van der Waals surface area (Å²) in [6, 6.07) is 14.4. The normalized spacial score (nSPS) is 10.2. The number of methoxy groups -OCH3 is 1. The molecule has 2 aromatic rings. The van der Waals surface area contributed by atoms with Crippen LogP contribution in [-0.4, -0.2) is 25.6 Å². The van der Waals surface area contributed by atoms with Gasteiger partial charge >= 0.3 is 5.97 Å². The number of carbonyl (C=O) groups excluding carboxylic acids is 2. The molecule has 0 radical (unpaired) electrons. The van der Waals surface area contributed by atoms with Crippen LogP contribution < -0.4 is 5.32 Å². The number of amides is 1. The highest BCUT2D eigenvalue weighted by atomic mass is 16.5. The highest BCUT2D eigenvalue weighted by molar-refractivity contribution is 5.95. The zero-order valence-electron chi connectivity index (χ0n) is 13.9. The number of esters is 1. The largest absolute Gasteiger partial charge is 0.452 e. The van der Waals surface area contributed by atoms with Crippen molar-refractivity contribution in [1.29, 1.82) is 0 Å². The van der Waals surface area contributed by atoms with E-state index in [4.69, 9.17) is 9.47 Å². The van der Waals surface area contributed by atoms with E-state index in [9.17, 15) is 9.59 Å². The van der Waals surface area contributed by atoms with Gasteiger partial charge in [0.15, 0.2) is 6.61 Å². The number of hydrogen-bond donors (Lipinski definition) is 1. The predicted molar refractivity (Wildman–Crippen MR) is 91.9 cm³/mol. The van der Waals surface area contributed by atoms with Crippen molar-refractivity contribution in [2.75, 3.05) is 19.0 Å². The van der Waals surface area contributed by atoms with Gasteiger partial charge in [-0.1, -0.05) is 31.2 Å². The SMILES string of the molecule is CCc1ccc(NC(=O)COC(=O)c2ccc(COC)cc2)cc1. The molecule has 2 rings (SSSR count). The van der Waals surface area contributed by atoms with Crippen LogP contribution in [0.4, 0.5) is 5.69 Å². The molecule has 0 aromatic heterocycles. The van der Waals surface area contributed by atoms with Gasteiger partial charge in [-0.2, -0.15) is 0 Å². The zero-order valence-corrected chi connectivity index (χ0v) is 13.9. The first-order valence-electron chi connectivity index (χ1n) is 7.76. The molecule has 0 fully saturated rings. The minimum atomic E-state index is -0.532. The number of benzene rings is 2. The summed E-state index contributed by atoms with van der Waals surface area (Å²) in [7, 11) is 1.61. The van der Waals surface area contributed by atoms with E-state index in [2.05, 4.69) is 12.2 Å². The van der Waals surface area contributed by atoms with Crippen molar-refractivity contribution in [3.8, 4) is 0 Å². The number of carbonyl (C=O) groups is 2. The molecule has 0 saturated heterocycles. The second-order valence-corrected chi connectivity index (χ2v) is 5.30. The van der Waals surface area contributed by atoms with Gasteiger partial charge in [-0.3, -0.25) is 4.79 Å². The molecular formula is C19H21NO4. The Morgan fingerprint density at radius 3 is 2.17 bits per heavy atom. The average Bonchev–Trinajstić information content (AvgIpc) is 2.61. The summed E-state index contributed by atoms with van der Waals surface area (Å²) in [5.41, 5.74) is 3.23. The summed E-state index contributed by atoms with van der Waals surface area (Å²) in [5.74, 6) is -0.904. The molecule has 0 atom stereocenters. The molecule has 5 heteroatoms. The van der Waals surface area contributed by atoms with Crippen molar-refractivity contribution >= 4 is 17.6 Å². The predicted octanol–water partition coefficient (Wildman–Crippen LogP) is 3.19. The maximum atomic E-state index is 11.9. The van der Waals surface area contributed by atoms with Crippen molar-refractivity contribution in [1.82, 2.24) is 0 Å². The summed E-state index contributed by atoms with van der Waals surface area (Å²) in [6.45, 7) is 2.22. The smallest absolute Gasteiger partial charge is 0.338 e. The van der Waals surface area contributed by atoms with Gasteiger partial charge in [0.1, 0.15) is 0 Å². The monoisotopic (exact) mass is 327 g/mol. The third-order valence-corrected chi connectivity index (χ3v) is 3.48. The molecular weight excluding hydrogens is 306 g/mol. The lowest BCUT2D eigenvalue weighted by Crippen LogP contribution is -2.20. The van der Waals surface area contributed by atoms with Crippen molar-refractivity contribution in [3.63, 3.8) is 0 Å². The van der Waals surface area contributed by atoms with Crippen LogP contribution in [0, 0.1) is 0 Å². The van der Waals surface area contributed by atoms with Crippen LogP contribution in [0.2, 0.25) is 0 Å². The molecule has 0 aliphatic carbocycles. The number of anilines is 1. The Balaban J connectivity index is 1.82. The molecule has 126 valence electrons. The Bertz CT molecular complexity index is 678. The van der Waals surface area contributed by atoms with E-state index in [0.717, 1.165) is 12.0 Å². The Morgan fingerprint density at radius 1 is 0.958 bits per heavy atom. The van der Waals surface area contributed by atoms with E-state index >= 15 is 0 Å². The third-order valence-electron chi connectivity index (χ3n) is 3.48. The first kappa shape index (κ1) is 17.7. The van der Waals surface area contributed by atoms with E-state index in [1.165, 1.54) is 5.56 Å². The minimum absolute atomic E-state index is 0.325. The number of rotatable bonds is 7. The standard InChI is InChI=1S/C19H21NO4/c1-3-14-6-10-17(11-7-14)20-18(21)13-24-19(22)16-8-4-15(5-9-16)12-23-2/h4-11H,3,12-13H2,1-2H3,(H,20,21). The van der Waals surface area contributed by atoms with Crippen LogP contribution in [0.15, 0.2) is 48.5 Å². The Kier molecular flexibility index (Phi) is 6.51. The molecule has 0 spiro atoms. The zero-order chi connectivity index (χ0) is 17.4. The van der Waals surface area contributed by atoms with Crippen molar-refractivity contribution in [2.24, 2.45) is 0 Å². The van der Waals surface area contributed by atoms with E-state index in [-0.39, 0.29) is 12.5 Å². The lowest BCUT2D eigenvalue weighted by atomic mass is 10.1. The summed E-state index contributed by atoms with van der Waals surface area (Å²) < 4.78 is 10.0. The van der Waals surface area contributed by atoms with Gasteiger partial charge in [0.2, 0.25) is 0 Å². The van der Waals surface area contributed by atoms with Crippen molar-refractivity contribution in [2.45, 2.75) is 20.0 Å². The maximum absolute atomic E-state index is 11.9. The van der Waals surface area contributed by atoms with E-state index < -0.39 is 5.97 Å². The van der Waals surface area contributed by atoms with Gasteiger partial charge in [-0.15, -0.1) is 0 Å². The van der Waals surface area contributed by atoms with Crippen LogP contribution in [0.3, 0.4) is 0 Å². The number of aryl methyl sites for hydroxylation is 1. The summed E-state index contributed by atoms with van der Waals surface area (Å²) in [5, 5.41) is 2.69. The van der Waals surface area contributed by atoms with Gasteiger partial charge in [-0.05, 0) is 41.8 Å². The number of ether oxygens (including phenoxy) is 2. The fourth-order valence-electron chi connectivity index (χ4n) is 2.14. The second-order valence-electron chi connectivity index (χ2n) is 5.30. The Labute approximate surface area is 141 Å². The van der Waals surface area contributed by atoms with Crippen LogP contribution in [0.25, 0.3) is 0 Å². The molecule has 0 aliphatic rings.